The normalized spacial score (nSPS) is 17.1. The van der Waals surface area contributed by atoms with Gasteiger partial charge in [0.2, 0.25) is 5.91 Å². The Morgan fingerprint density at radius 2 is 2.12 bits per heavy atom. The number of rotatable bonds is 8. The fraction of sp³-hybridized carbons (Fsp3) is 0.909. The number of carbonyl (C=O) groups excluding carboxylic acids is 1. The average molecular weight is 231 g/mol. The van der Waals surface area contributed by atoms with Gasteiger partial charge in [-0.25, -0.2) is 0 Å². The van der Waals surface area contributed by atoms with Gasteiger partial charge in [0.05, 0.1) is 5.54 Å². The number of amides is 1. The molecule has 0 aromatic heterocycles. The summed E-state index contributed by atoms with van der Waals surface area (Å²) < 4.78 is 4.99. The van der Waals surface area contributed by atoms with E-state index in [4.69, 9.17) is 16.2 Å². The molecule has 0 fully saturated rings. The van der Waals surface area contributed by atoms with E-state index in [9.17, 15) is 4.79 Å². The van der Waals surface area contributed by atoms with Gasteiger partial charge in [-0.1, -0.05) is 0 Å². The van der Waals surface area contributed by atoms with Gasteiger partial charge in [0.1, 0.15) is 0 Å². The predicted molar refractivity (Wildman–Crippen MR) is 65.0 cm³/mol. The minimum atomic E-state index is -0.936. The average Bonchev–Trinajstić information content (AvgIpc) is 2.17. The van der Waals surface area contributed by atoms with Crippen molar-refractivity contribution < 1.29 is 9.53 Å². The first-order valence-electron chi connectivity index (χ1n) is 5.59. The van der Waals surface area contributed by atoms with E-state index in [1.807, 2.05) is 14.0 Å². The number of nitrogens with two attached hydrogens (primary N) is 2. The van der Waals surface area contributed by atoms with E-state index in [1.54, 1.807) is 14.0 Å². The molecule has 0 spiro atoms. The Morgan fingerprint density at radius 1 is 1.56 bits per heavy atom. The van der Waals surface area contributed by atoms with Crippen LogP contribution in [-0.4, -0.2) is 49.7 Å². The lowest BCUT2D eigenvalue weighted by molar-refractivity contribution is -0.123. The second kappa shape index (κ2) is 6.83. The van der Waals surface area contributed by atoms with Crippen molar-refractivity contribution in [2.24, 2.45) is 11.5 Å². The molecule has 5 nitrogen and oxygen atoms in total. The third-order valence-corrected chi connectivity index (χ3v) is 2.89. The van der Waals surface area contributed by atoms with Gasteiger partial charge >= 0.3 is 0 Å². The van der Waals surface area contributed by atoms with Gasteiger partial charge in [-0.2, -0.15) is 0 Å². The Bertz CT molecular complexity index is 219. The lowest BCUT2D eigenvalue weighted by Gasteiger charge is -2.30. The molecule has 0 aliphatic rings. The maximum Gasteiger partial charge on any atom is 0.237 e. The Kier molecular flexibility index (Phi) is 6.55. The first-order valence-corrected chi connectivity index (χ1v) is 5.59. The Morgan fingerprint density at radius 3 is 2.56 bits per heavy atom. The highest BCUT2D eigenvalue weighted by Crippen LogP contribution is 2.12. The van der Waals surface area contributed by atoms with E-state index in [0.717, 1.165) is 19.6 Å². The summed E-state index contributed by atoms with van der Waals surface area (Å²) in [6.07, 6.45) is 1.53. The van der Waals surface area contributed by atoms with E-state index in [-0.39, 0.29) is 6.04 Å². The molecule has 0 saturated carbocycles. The third kappa shape index (κ3) is 5.44. The van der Waals surface area contributed by atoms with E-state index >= 15 is 0 Å². The lowest BCUT2D eigenvalue weighted by atomic mass is 9.93. The maximum atomic E-state index is 11.1. The van der Waals surface area contributed by atoms with Gasteiger partial charge in [0.15, 0.2) is 0 Å². The van der Waals surface area contributed by atoms with Crippen LogP contribution in [0.25, 0.3) is 0 Å². The number of methoxy groups -OCH3 is 1. The van der Waals surface area contributed by atoms with E-state index < -0.39 is 11.4 Å². The molecule has 0 bridgehead atoms. The molecule has 0 aliphatic heterocycles. The van der Waals surface area contributed by atoms with Crippen LogP contribution in [0.1, 0.15) is 26.7 Å². The summed E-state index contributed by atoms with van der Waals surface area (Å²) in [5.74, 6) is -0.454. The number of primary amides is 1. The summed E-state index contributed by atoms with van der Waals surface area (Å²) in [7, 11) is 3.70. The van der Waals surface area contributed by atoms with Gasteiger partial charge < -0.3 is 21.1 Å². The molecule has 4 N–H and O–H groups in total. The molecule has 0 rings (SSSR count). The quantitative estimate of drug-likeness (QED) is 0.573. The molecule has 0 saturated heterocycles. The van der Waals surface area contributed by atoms with E-state index in [1.165, 1.54) is 0 Å². The van der Waals surface area contributed by atoms with Crippen molar-refractivity contribution in [3.8, 4) is 0 Å². The first-order chi connectivity index (χ1) is 7.31. The molecule has 2 atom stereocenters. The van der Waals surface area contributed by atoms with Gasteiger partial charge in [0.25, 0.3) is 0 Å². The van der Waals surface area contributed by atoms with Crippen LogP contribution in [0.15, 0.2) is 0 Å². The topological polar surface area (TPSA) is 81.6 Å². The molecule has 0 radical (unpaired) electrons. The van der Waals surface area contributed by atoms with Crippen molar-refractivity contribution in [3.05, 3.63) is 0 Å². The van der Waals surface area contributed by atoms with Crippen molar-refractivity contribution in [2.75, 3.05) is 27.3 Å². The van der Waals surface area contributed by atoms with Crippen LogP contribution in [0.2, 0.25) is 0 Å². The molecule has 0 heterocycles. The van der Waals surface area contributed by atoms with Crippen LogP contribution >= 0.6 is 0 Å². The highest BCUT2D eigenvalue weighted by molar-refractivity contribution is 5.83. The number of carbonyl (C=O) groups is 1. The minimum absolute atomic E-state index is 0.222. The zero-order valence-corrected chi connectivity index (χ0v) is 10.8. The molecular formula is C11H25N3O2. The first kappa shape index (κ1) is 15.3. The smallest absolute Gasteiger partial charge is 0.237 e. The van der Waals surface area contributed by atoms with Crippen molar-refractivity contribution in [3.63, 3.8) is 0 Å². The molecule has 5 heteroatoms. The molecule has 0 aromatic carbocycles. The van der Waals surface area contributed by atoms with Crippen molar-refractivity contribution in [2.45, 2.75) is 38.3 Å². The van der Waals surface area contributed by atoms with Gasteiger partial charge in [-0.15, -0.1) is 0 Å². The van der Waals surface area contributed by atoms with E-state index in [0.29, 0.717) is 6.42 Å². The summed E-state index contributed by atoms with van der Waals surface area (Å²) >= 11 is 0. The summed E-state index contributed by atoms with van der Waals surface area (Å²) in [4.78, 5) is 13.3. The van der Waals surface area contributed by atoms with Crippen LogP contribution < -0.4 is 11.5 Å². The van der Waals surface area contributed by atoms with Crippen LogP contribution in [-0.2, 0) is 9.53 Å². The van der Waals surface area contributed by atoms with Gasteiger partial charge in [-0.05, 0) is 33.7 Å². The standard InChI is InChI=1S/C11H25N3O2/c1-9(8-11(2,13)10(12)15)14(3)6-5-7-16-4/h9H,5-8,13H2,1-4H3,(H2,12,15). The Balaban J connectivity index is 4.04. The van der Waals surface area contributed by atoms with Crippen molar-refractivity contribution >= 4 is 5.91 Å². The molecule has 16 heavy (non-hydrogen) atoms. The number of hydrogen-bond donors (Lipinski definition) is 2. The molecule has 96 valence electrons. The van der Waals surface area contributed by atoms with E-state index in [2.05, 4.69) is 4.90 Å². The zero-order valence-electron chi connectivity index (χ0n) is 10.8. The summed E-state index contributed by atoms with van der Waals surface area (Å²) in [6, 6.07) is 0.222. The third-order valence-electron chi connectivity index (χ3n) is 2.89. The van der Waals surface area contributed by atoms with Crippen LogP contribution in [0.4, 0.5) is 0 Å². The maximum absolute atomic E-state index is 11.1. The number of ether oxygens (including phenoxy) is 1. The minimum Gasteiger partial charge on any atom is -0.385 e. The summed E-state index contributed by atoms with van der Waals surface area (Å²) in [5.41, 5.74) is 10.1. The SMILES string of the molecule is COCCCN(C)C(C)CC(C)(N)C(N)=O. The lowest BCUT2D eigenvalue weighted by Crippen LogP contribution is -2.53. The second-order valence-electron chi connectivity index (χ2n) is 4.66. The number of hydrogen-bond acceptors (Lipinski definition) is 4. The Labute approximate surface area is 98.1 Å². The molecule has 0 aromatic rings. The number of nitrogens with zero attached hydrogens (tertiary/aromatic N) is 1. The highest BCUT2D eigenvalue weighted by Gasteiger charge is 2.29. The van der Waals surface area contributed by atoms with Gasteiger partial charge in [-0.3, -0.25) is 4.79 Å². The fourth-order valence-corrected chi connectivity index (χ4v) is 1.55. The second-order valence-corrected chi connectivity index (χ2v) is 4.66. The fourth-order valence-electron chi connectivity index (χ4n) is 1.55. The van der Waals surface area contributed by atoms with Gasteiger partial charge in [0, 0.05) is 26.3 Å². The zero-order chi connectivity index (χ0) is 12.8. The molecule has 0 aliphatic carbocycles. The summed E-state index contributed by atoms with van der Waals surface area (Å²) in [6.45, 7) is 5.38. The Hall–Kier alpha value is -0.650. The molecular weight excluding hydrogens is 206 g/mol. The molecule has 1 amide bonds. The van der Waals surface area contributed by atoms with Crippen LogP contribution in [0.3, 0.4) is 0 Å². The largest absolute Gasteiger partial charge is 0.385 e. The monoisotopic (exact) mass is 231 g/mol. The predicted octanol–water partition coefficient (Wildman–Crippen LogP) is -0.0640. The van der Waals surface area contributed by atoms with Crippen molar-refractivity contribution in [1.29, 1.82) is 0 Å². The van der Waals surface area contributed by atoms with Crippen molar-refractivity contribution in [1.82, 2.24) is 4.90 Å². The molecule has 2 unspecified atom stereocenters. The highest BCUT2D eigenvalue weighted by atomic mass is 16.5. The van der Waals surface area contributed by atoms with Crippen LogP contribution in [0, 0.1) is 0 Å². The summed E-state index contributed by atoms with van der Waals surface area (Å²) in [5, 5.41) is 0. The van der Waals surface area contributed by atoms with Crippen LogP contribution in [0.5, 0.6) is 0 Å².